The molecular formula is C14H10BrClFNO2. The minimum absolute atomic E-state index is 0.124. The minimum Gasteiger partial charge on any atom is -0.482 e. The van der Waals surface area contributed by atoms with Gasteiger partial charge in [-0.2, -0.15) is 0 Å². The second-order valence-corrected chi connectivity index (χ2v) is 5.15. The van der Waals surface area contributed by atoms with Crippen LogP contribution in [0.4, 0.5) is 10.1 Å². The zero-order chi connectivity index (χ0) is 14.5. The average molecular weight is 359 g/mol. The van der Waals surface area contributed by atoms with Gasteiger partial charge in [-0.05, 0) is 46.3 Å². The number of halogens is 3. The summed E-state index contributed by atoms with van der Waals surface area (Å²) in [7, 11) is 0. The molecule has 0 spiro atoms. The molecule has 0 aromatic heterocycles. The number of rotatable bonds is 4. The molecule has 0 aliphatic carbocycles. The normalized spacial score (nSPS) is 10.2. The van der Waals surface area contributed by atoms with Crippen LogP contribution in [0.2, 0.25) is 5.02 Å². The second kappa shape index (κ2) is 6.72. The van der Waals surface area contributed by atoms with E-state index >= 15 is 0 Å². The third-order valence-electron chi connectivity index (χ3n) is 2.40. The van der Waals surface area contributed by atoms with Crippen molar-refractivity contribution in [1.82, 2.24) is 0 Å². The first-order valence-corrected chi connectivity index (χ1v) is 6.85. The summed E-state index contributed by atoms with van der Waals surface area (Å²) in [6.45, 7) is -0.216. The maximum atomic E-state index is 12.9. The first-order chi connectivity index (χ1) is 9.56. The molecule has 0 radical (unpaired) electrons. The Hall–Kier alpha value is -1.59. The molecule has 0 aliphatic heterocycles. The third kappa shape index (κ3) is 3.95. The van der Waals surface area contributed by atoms with Crippen molar-refractivity contribution in [3.63, 3.8) is 0 Å². The van der Waals surface area contributed by atoms with Crippen LogP contribution in [0.1, 0.15) is 0 Å². The van der Waals surface area contributed by atoms with Gasteiger partial charge in [0.15, 0.2) is 6.61 Å². The molecule has 3 nitrogen and oxygen atoms in total. The number of benzene rings is 2. The Morgan fingerprint density at radius 1 is 1.30 bits per heavy atom. The first kappa shape index (κ1) is 14.8. The highest BCUT2D eigenvalue weighted by atomic mass is 79.9. The minimum atomic E-state index is -0.458. The number of carbonyl (C=O) groups excluding carboxylic acids is 1. The largest absolute Gasteiger partial charge is 0.482 e. The van der Waals surface area contributed by atoms with E-state index < -0.39 is 5.82 Å². The molecular weight excluding hydrogens is 349 g/mol. The molecule has 0 atom stereocenters. The van der Waals surface area contributed by atoms with E-state index in [4.69, 9.17) is 16.3 Å². The fourth-order valence-electron chi connectivity index (χ4n) is 1.48. The molecule has 0 saturated carbocycles. The van der Waals surface area contributed by atoms with Crippen molar-refractivity contribution in [2.24, 2.45) is 0 Å². The van der Waals surface area contributed by atoms with Crippen molar-refractivity contribution >= 4 is 39.1 Å². The SMILES string of the molecule is O=C(COc1ccc(F)cc1Cl)Nc1ccccc1Br. The smallest absolute Gasteiger partial charge is 0.262 e. The first-order valence-electron chi connectivity index (χ1n) is 5.68. The summed E-state index contributed by atoms with van der Waals surface area (Å²) in [6, 6.07) is 10.9. The molecule has 1 N–H and O–H groups in total. The summed E-state index contributed by atoms with van der Waals surface area (Å²) in [5.41, 5.74) is 0.645. The lowest BCUT2D eigenvalue weighted by molar-refractivity contribution is -0.118. The zero-order valence-corrected chi connectivity index (χ0v) is 12.5. The van der Waals surface area contributed by atoms with Crippen molar-refractivity contribution in [3.05, 3.63) is 57.8 Å². The van der Waals surface area contributed by atoms with Gasteiger partial charge in [0, 0.05) is 4.47 Å². The van der Waals surface area contributed by atoms with Gasteiger partial charge in [0.1, 0.15) is 11.6 Å². The van der Waals surface area contributed by atoms with E-state index in [1.54, 1.807) is 12.1 Å². The Bertz CT molecular complexity index is 636. The standard InChI is InChI=1S/C14H10BrClFNO2/c15-10-3-1-2-4-12(10)18-14(19)8-20-13-6-5-9(17)7-11(13)16/h1-7H,8H2,(H,18,19). The van der Waals surface area contributed by atoms with Gasteiger partial charge >= 0.3 is 0 Å². The highest BCUT2D eigenvalue weighted by Crippen LogP contribution is 2.25. The maximum Gasteiger partial charge on any atom is 0.262 e. The van der Waals surface area contributed by atoms with Crippen molar-refractivity contribution in [2.75, 3.05) is 11.9 Å². The number of ether oxygens (including phenoxy) is 1. The predicted molar refractivity (Wildman–Crippen MR) is 79.7 cm³/mol. The van der Waals surface area contributed by atoms with Crippen LogP contribution in [0.5, 0.6) is 5.75 Å². The summed E-state index contributed by atoms with van der Waals surface area (Å²) < 4.78 is 18.9. The van der Waals surface area contributed by atoms with Crippen LogP contribution in [0.15, 0.2) is 46.9 Å². The molecule has 2 rings (SSSR count). The van der Waals surface area contributed by atoms with Gasteiger partial charge in [-0.25, -0.2) is 4.39 Å². The summed E-state index contributed by atoms with van der Waals surface area (Å²) in [4.78, 5) is 11.7. The molecule has 0 aliphatic rings. The fraction of sp³-hybridized carbons (Fsp3) is 0.0714. The van der Waals surface area contributed by atoms with Gasteiger partial charge in [0.2, 0.25) is 0 Å². The zero-order valence-electron chi connectivity index (χ0n) is 10.2. The monoisotopic (exact) mass is 357 g/mol. The summed E-state index contributed by atoms with van der Waals surface area (Å²) in [5.74, 6) is -0.535. The van der Waals surface area contributed by atoms with Crippen LogP contribution in [0.25, 0.3) is 0 Å². The number of hydrogen-bond acceptors (Lipinski definition) is 2. The number of amides is 1. The topological polar surface area (TPSA) is 38.3 Å². The lowest BCUT2D eigenvalue weighted by Crippen LogP contribution is -2.20. The molecule has 6 heteroatoms. The molecule has 20 heavy (non-hydrogen) atoms. The molecule has 0 unspecified atom stereocenters. The van der Waals surface area contributed by atoms with E-state index in [1.165, 1.54) is 12.1 Å². The Morgan fingerprint density at radius 3 is 2.75 bits per heavy atom. The molecule has 2 aromatic carbocycles. The summed E-state index contributed by atoms with van der Waals surface area (Å²) in [6.07, 6.45) is 0. The third-order valence-corrected chi connectivity index (χ3v) is 3.39. The number of anilines is 1. The van der Waals surface area contributed by atoms with E-state index in [9.17, 15) is 9.18 Å². The maximum absolute atomic E-state index is 12.9. The van der Waals surface area contributed by atoms with Crippen LogP contribution >= 0.6 is 27.5 Å². The molecule has 1 amide bonds. The number of para-hydroxylation sites is 1. The van der Waals surface area contributed by atoms with Gasteiger partial charge in [0.25, 0.3) is 5.91 Å². The van der Waals surface area contributed by atoms with Gasteiger partial charge in [-0.3, -0.25) is 4.79 Å². The Morgan fingerprint density at radius 2 is 2.05 bits per heavy atom. The van der Waals surface area contributed by atoms with Crippen LogP contribution < -0.4 is 10.1 Å². The molecule has 0 bridgehead atoms. The van der Waals surface area contributed by atoms with E-state index in [0.717, 1.165) is 10.5 Å². The molecule has 0 fully saturated rings. The molecule has 0 heterocycles. The van der Waals surface area contributed by atoms with E-state index in [1.807, 2.05) is 12.1 Å². The molecule has 0 saturated heterocycles. The Labute approximate surface area is 128 Å². The second-order valence-electron chi connectivity index (χ2n) is 3.89. The van der Waals surface area contributed by atoms with Crippen LogP contribution in [-0.2, 0) is 4.79 Å². The lowest BCUT2D eigenvalue weighted by Gasteiger charge is -2.09. The number of carbonyl (C=O) groups is 1. The quantitative estimate of drug-likeness (QED) is 0.887. The van der Waals surface area contributed by atoms with Crippen molar-refractivity contribution in [1.29, 1.82) is 0 Å². The number of hydrogen-bond donors (Lipinski definition) is 1. The van der Waals surface area contributed by atoms with Gasteiger partial charge in [0.05, 0.1) is 10.7 Å². The molecule has 104 valence electrons. The highest BCUT2D eigenvalue weighted by Gasteiger charge is 2.08. The Balaban J connectivity index is 1.94. The summed E-state index contributed by atoms with van der Waals surface area (Å²) in [5, 5.41) is 2.81. The van der Waals surface area contributed by atoms with Crippen molar-refractivity contribution < 1.29 is 13.9 Å². The van der Waals surface area contributed by atoms with Gasteiger partial charge < -0.3 is 10.1 Å². The lowest BCUT2D eigenvalue weighted by atomic mass is 10.3. The van der Waals surface area contributed by atoms with Crippen molar-refractivity contribution in [2.45, 2.75) is 0 Å². The Kier molecular flexibility index (Phi) is 4.98. The van der Waals surface area contributed by atoms with E-state index in [-0.39, 0.29) is 23.3 Å². The predicted octanol–water partition coefficient (Wildman–Crippen LogP) is 4.26. The average Bonchev–Trinajstić information content (AvgIpc) is 2.40. The molecule has 2 aromatic rings. The number of nitrogens with one attached hydrogen (secondary N) is 1. The highest BCUT2D eigenvalue weighted by molar-refractivity contribution is 9.10. The van der Waals surface area contributed by atoms with Crippen LogP contribution in [-0.4, -0.2) is 12.5 Å². The van der Waals surface area contributed by atoms with Crippen LogP contribution in [0, 0.1) is 5.82 Å². The van der Waals surface area contributed by atoms with E-state index in [2.05, 4.69) is 21.2 Å². The van der Waals surface area contributed by atoms with Crippen molar-refractivity contribution in [3.8, 4) is 5.75 Å². The van der Waals surface area contributed by atoms with Gasteiger partial charge in [-0.15, -0.1) is 0 Å². The van der Waals surface area contributed by atoms with Crippen LogP contribution in [0.3, 0.4) is 0 Å². The van der Waals surface area contributed by atoms with E-state index in [0.29, 0.717) is 5.69 Å². The fourth-order valence-corrected chi connectivity index (χ4v) is 2.09. The summed E-state index contributed by atoms with van der Waals surface area (Å²) >= 11 is 9.12. The van der Waals surface area contributed by atoms with Gasteiger partial charge in [-0.1, -0.05) is 23.7 Å².